The molecule has 0 aliphatic carbocycles. The molecule has 0 spiro atoms. The van der Waals surface area contributed by atoms with Crippen molar-refractivity contribution in [3.8, 4) is 0 Å². The summed E-state index contributed by atoms with van der Waals surface area (Å²) < 4.78 is 20.4. The molecule has 6 nitrogen and oxygen atoms in total. The highest BCUT2D eigenvalue weighted by Gasteiger charge is 2.21. The molecule has 4 N–H and O–H groups in total. The first-order valence-electron chi connectivity index (χ1n) is 6.41. The van der Waals surface area contributed by atoms with Crippen molar-refractivity contribution in [1.82, 2.24) is 0 Å². The Hall–Kier alpha value is 0.340. The average Bonchev–Trinajstić information content (AvgIpc) is 2.41. The van der Waals surface area contributed by atoms with Crippen LogP contribution < -0.4 is 11.5 Å². The zero-order valence-electron chi connectivity index (χ0n) is 12.2. The maximum atomic E-state index is 5.68. The lowest BCUT2D eigenvalue weighted by Crippen LogP contribution is -2.43. The molecule has 2 saturated heterocycles. The second-order valence-electron chi connectivity index (χ2n) is 4.60. The van der Waals surface area contributed by atoms with Crippen LogP contribution in [-0.4, -0.2) is 64.9 Å². The molecule has 8 heteroatoms. The molecule has 0 aromatic rings. The highest BCUT2D eigenvalue weighted by molar-refractivity contribution is 5.85. The van der Waals surface area contributed by atoms with Crippen molar-refractivity contribution < 1.29 is 18.9 Å². The first-order valence-corrected chi connectivity index (χ1v) is 6.41. The van der Waals surface area contributed by atoms with Gasteiger partial charge in [-0.25, -0.2) is 0 Å². The van der Waals surface area contributed by atoms with Crippen LogP contribution in [0.4, 0.5) is 0 Å². The summed E-state index contributed by atoms with van der Waals surface area (Å²) >= 11 is 0. The molecule has 0 bridgehead atoms. The van der Waals surface area contributed by atoms with E-state index in [0.29, 0.717) is 13.2 Å². The molecule has 2 fully saturated rings. The van der Waals surface area contributed by atoms with Gasteiger partial charge < -0.3 is 30.4 Å². The highest BCUT2D eigenvalue weighted by atomic mass is 35.5. The van der Waals surface area contributed by atoms with Crippen molar-refractivity contribution >= 4 is 24.8 Å². The molecule has 0 aromatic heterocycles. The van der Waals surface area contributed by atoms with Gasteiger partial charge in [0.1, 0.15) is 0 Å². The third-order valence-corrected chi connectivity index (χ3v) is 3.32. The van der Waals surface area contributed by atoms with E-state index < -0.39 is 0 Å². The summed E-state index contributed by atoms with van der Waals surface area (Å²) in [6.45, 7) is 2.86. The van der Waals surface area contributed by atoms with Gasteiger partial charge in [0.2, 0.25) is 0 Å². The number of ether oxygens (including phenoxy) is 4. The van der Waals surface area contributed by atoms with Crippen LogP contribution in [-0.2, 0) is 18.9 Å². The highest BCUT2D eigenvalue weighted by Crippen LogP contribution is 2.07. The van der Waals surface area contributed by atoms with E-state index in [4.69, 9.17) is 30.4 Å². The number of hydrogen-bond donors (Lipinski definition) is 2. The molecule has 0 radical (unpaired) electrons. The van der Waals surface area contributed by atoms with Gasteiger partial charge in [-0.1, -0.05) is 0 Å². The Kier molecular flexibility index (Phi) is 14.7. The minimum absolute atomic E-state index is 0. The first-order chi connectivity index (χ1) is 8.69. The molecular weight excluding hydrogens is 307 g/mol. The lowest BCUT2D eigenvalue weighted by molar-refractivity contribution is -0.0411. The average molecular weight is 335 g/mol. The van der Waals surface area contributed by atoms with E-state index in [1.807, 2.05) is 0 Å². The predicted octanol–water partition coefficient (Wildman–Crippen LogP) is 0.342. The quantitative estimate of drug-likeness (QED) is 0.757. The standard InChI is InChI=1S/2C6H13NO2.2ClH/c2*1-8-6-4-9-3-2-5(6)7;;/h2*5-6H,2-4,7H2,1H3;2*1H/t2*5-,6+;;/m10../s1. The zero-order valence-corrected chi connectivity index (χ0v) is 13.8. The summed E-state index contributed by atoms with van der Waals surface area (Å²) in [7, 11) is 3.33. The van der Waals surface area contributed by atoms with Crippen LogP contribution in [0.1, 0.15) is 12.8 Å². The normalized spacial score (nSPS) is 33.0. The Bertz CT molecular complexity index is 206. The molecular formula is C12H28Cl2N2O4. The molecule has 2 aliphatic heterocycles. The van der Waals surface area contributed by atoms with Crippen molar-refractivity contribution in [2.24, 2.45) is 11.5 Å². The van der Waals surface area contributed by atoms with E-state index in [1.54, 1.807) is 14.2 Å². The van der Waals surface area contributed by atoms with Crippen LogP contribution in [0.3, 0.4) is 0 Å². The molecule has 20 heavy (non-hydrogen) atoms. The topological polar surface area (TPSA) is 89.0 Å². The van der Waals surface area contributed by atoms with Gasteiger partial charge in [-0.3, -0.25) is 0 Å². The maximum Gasteiger partial charge on any atom is 0.0955 e. The Morgan fingerprint density at radius 2 is 1.15 bits per heavy atom. The van der Waals surface area contributed by atoms with Crippen molar-refractivity contribution in [1.29, 1.82) is 0 Å². The molecule has 0 amide bonds. The molecule has 0 unspecified atom stereocenters. The largest absolute Gasteiger partial charge is 0.379 e. The summed E-state index contributed by atoms with van der Waals surface area (Å²) in [5, 5.41) is 0. The number of hydrogen-bond acceptors (Lipinski definition) is 6. The van der Waals surface area contributed by atoms with E-state index in [-0.39, 0.29) is 49.1 Å². The van der Waals surface area contributed by atoms with E-state index >= 15 is 0 Å². The monoisotopic (exact) mass is 334 g/mol. The van der Waals surface area contributed by atoms with E-state index in [9.17, 15) is 0 Å². The van der Waals surface area contributed by atoms with Crippen LogP contribution in [0, 0.1) is 0 Å². The van der Waals surface area contributed by atoms with E-state index in [2.05, 4.69) is 0 Å². The smallest absolute Gasteiger partial charge is 0.0955 e. The fraction of sp³-hybridized carbons (Fsp3) is 1.00. The van der Waals surface area contributed by atoms with Crippen LogP contribution in [0.5, 0.6) is 0 Å². The van der Waals surface area contributed by atoms with Crippen LogP contribution in [0.2, 0.25) is 0 Å². The maximum absolute atomic E-state index is 5.68. The van der Waals surface area contributed by atoms with Crippen molar-refractivity contribution in [2.45, 2.75) is 37.1 Å². The van der Waals surface area contributed by atoms with Crippen molar-refractivity contribution in [2.75, 3.05) is 40.6 Å². The summed E-state index contributed by atoms with van der Waals surface area (Å²) in [5.74, 6) is 0. The van der Waals surface area contributed by atoms with Gasteiger partial charge in [-0.05, 0) is 12.8 Å². The fourth-order valence-electron chi connectivity index (χ4n) is 1.94. The van der Waals surface area contributed by atoms with Gasteiger partial charge in [-0.2, -0.15) is 0 Å². The predicted molar refractivity (Wildman–Crippen MR) is 82.9 cm³/mol. The lowest BCUT2D eigenvalue weighted by Gasteiger charge is -2.26. The van der Waals surface area contributed by atoms with Gasteiger partial charge in [0.05, 0.1) is 25.4 Å². The van der Waals surface area contributed by atoms with Crippen molar-refractivity contribution in [3.05, 3.63) is 0 Å². The number of rotatable bonds is 2. The second kappa shape index (κ2) is 13.0. The van der Waals surface area contributed by atoms with Crippen molar-refractivity contribution in [3.63, 3.8) is 0 Å². The molecule has 0 saturated carbocycles. The van der Waals surface area contributed by atoms with Gasteiger partial charge in [0, 0.05) is 39.5 Å². The summed E-state index contributed by atoms with van der Waals surface area (Å²) in [5.41, 5.74) is 11.4. The first kappa shape index (κ1) is 22.6. The summed E-state index contributed by atoms with van der Waals surface area (Å²) in [6, 6.07) is 0.340. The van der Waals surface area contributed by atoms with Gasteiger partial charge >= 0.3 is 0 Å². The lowest BCUT2D eigenvalue weighted by atomic mass is 10.1. The number of nitrogens with two attached hydrogens (primary N) is 2. The molecule has 4 atom stereocenters. The number of halogens is 2. The van der Waals surface area contributed by atoms with E-state index in [1.165, 1.54) is 0 Å². The van der Waals surface area contributed by atoms with Crippen LogP contribution >= 0.6 is 24.8 Å². The Labute approximate surface area is 133 Å². The molecule has 2 aliphatic rings. The van der Waals surface area contributed by atoms with Crippen LogP contribution in [0.15, 0.2) is 0 Å². The van der Waals surface area contributed by atoms with Crippen LogP contribution in [0.25, 0.3) is 0 Å². The molecule has 2 heterocycles. The third kappa shape index (κ3) is 7.95. The molecule has 0 aromatic carbocycles. The van der Waals surface area contributed by atoms with Gasteiger partial charge in [-0.15, -0.1) is 24.8 Å². The summed E-state index contributed by atoms with van der Waals surface area (Å²) in [4.78, 5) is 0. The Morgan fingerprint density at radius 3 is 1.35 bits per heavy atom. The van der Waals surface area contributed by atoms with Gasteiger partial charge in [0.25, 0.3) is 0 Å². The molecule has 2 rings (SSSR count). The van der Waals surface area contributed by atoms with E-state index in [0.717, 1.165) is 26.1 Å². The minimum Gasteiger partial charge on any atom is -0.379 e. The summed E-state index contributed by atoms with van der Waals surface area (Å²) in [6.07, 6.45) is 2.05. The third-order valence-electron chi connectivity index (χ3n) is 3.32. The Morgan fingerprint density at radius 1 is 0.800 bits per heavy atom. The minimum atomic E-state index is 0. The Balaban J connectivity index is 0. The molecule has 124 valence electrons. The SMILES string of the molecule is CO[C@@H]1COCC[C@@H]1N.CO[C@H]1COCC[C@H]1N.Cl.Cl. The second-order valence-corrected chi connectivity index (χ2v) is 4.60. The van der Waals surface area contributed by atoms with Gasteiger partial charge in [0.15, 0.2) is 0 Å². The number of methoxy groups -OCH3 is 2. The fourth-order valence-corrected chi connectivity index (χ4v) is 1.94. The zero-order chi connectivity index (χ0) is 13.4.